The summed E-state index contributed by atoms with van der Waals surface area (Å²) in [6, 6.07) is 12.8. The molecule has 0 radical (unpaired) electrons. The van der Waals surface area contributed by atoms with Gasteiger partial charge < -0.3 is 19.5 Å². The monoisotopic (exact) mass is 428 g/mol. The quantitative estimate of drug-likeness (QED) is 0.553. The Labute approximate surface area is 179 Å². The van der Waals surface area contributed by atoms with E-state index < -0.39 is 36.8 Å². The second kappa shape index (κ2) is 12.0. The van der Waals surface area contributed by atoms with Crippen LogP contribution >= 0.6 is 0 Å². The lowest BCUT2D eigenvalue weighted by Gasteiger charge is -2.12. The van der Waals surface area contributed by atoms with Gasteiger partial charge in [-0.2, -0.15) is 0 Å². The molecule has 0 aliphatic heterocycles. The van der Waals surface area contributed by atoms with Gasteiger partial charge in [0.05, 0.1) is 13.2 Å². The summed E-state index contributed by atoms with van der Waals surface area (Å²) in [4.78, 5) is 47.7. The van der Waals surface area contributed by atoms with Gasteiger partial charge in [-0.1, -0.05) is 18.2 Å². The average molecular weight is 428 g/mol. The molecule has 164 valence electrons. The smallest absolute Gasteiger partial charge is 0.325 e. The SMILES string of the molecule is CCOc1ccc(C(=O)NCC(=O)OCC(=O)NC(=O)c2ccccc2)cc1OCC. The predicted molar refractivity (Wildman–Crippen MR) is 111 cm³/mol. The van der Waals surface area contributed by atoms with Gasteiger partial charge in [-0.05, 0) is 44.2 Å². The molecule has 9 nitrogen and oxygen atoms in total. The number of rotatable bonds is 10. The van der Waals surface area contributed by atoms with Crippen LogP contribution in [0.4, 0.5) is 0 Å². The van der Waals surface area contributed by atoms with Crippen LogP contribution in [-0.2, 0) is 14.3 Å². The van der Waals surface area contributed by atoms with Gasteiger partial charge in [-0.25, -0.2) is 0 Å². The largest absolute Gasteiger partial charge is 0.490 e. The van der Waals surface area contributed by atoms with Crippen molar-refractivity contribution in [3.8, 4) is 11.5 Å². The van der Waals surface area contributed by atoms with Gasteiger partial charge in [-0.3, -0.25) is 24.5 Å². The molecular formula is C22H24N2O7. The molecule has 0 saturated carbocycles. The van der Waals surface area contributed by atoms with Crippen molar-refractivity contribution >= 4 is 23.7 Å². The number of carbonyl (C=O) groups excluding carboxylic acids is 4. The molecule has 31 heavy (non-hydrogen) atoms. The molecule has 0 heterocycles. The lowest BCUT2D eigenvalue weighted by atomic mass is 10.2. The molecule has 0 saturated heterocycles. The van der Waals surface area contributed by atoms with Gasteiger partial charge in [0, 0.05) is 11.1 Å². The van der Waals surface area contributed by atoms with Crippen LogP contribution in [0.1, 0.15) is 34.6 Å². The van der Waals surface area contributed by atoms with Crippen LogP contribution < -0.4 is 20.1 Å². The number of carbonyl (C=O) groups is 4. The van der Waals surface area contributed by atoms with E-state index in [9.17, 15) is 19.2 Å². The van der Waals surface area contributed by atoms with E-state index in [1.165, 1.54) is 12.1 Å². The molecule has 0 fully saturated rings. The van der Waals surface area contributed by atoms with Crippen molar-refractivity contribution in [1.29, 1.82) is 0 Å². The maximum atomic E-state index is 12.3. The Morgan fingerprint density at radius 2 is 1.48 bits per heavy atom. The van der Waals surface area contributed by atoms with Crippen molar-refractivity contribution in [2.45, 2.75) is 13.8 Å². The summed E-state index contributed by atoms with van der Waals surface area (Å²) < 4.78 is 15.7. The fourth-order valence-electron chi connectivity index (χ4n) is 2.47. The third-order valence-electron chi connectivity index (χ3n) is 3.85. The normalized spacial score (nSPS) is 10.0. The van der Waals surface area contributed by atoms with Gasteiger partial charge in [-0.15, -0.1) is 0 Å². The highest BCUT2D eigenvalue weighted by molar-refractivity contribution is 6.05. The van der Waals surface area contributed by atoms with Gasteiger partial charge in [0.15, 0.2) is 18.1 Å². The number of hydrogen-bond acceptors (Lipinski definition) is 7. The summed E-state index contributed by atoms with van der Waals surface area (Å²) in [5.74, 6) is -1.80. The van der Waals surface area contributed by atoms with Crippen molar-refractivity contribution in [3.63, 3.8) is 0 Å². The zero-order valence-corrected chi connectivity index (χ0v) is 17.3. The molecule has 9 heteroatoms. The minimum Gasteiger partial charge on any atom is -0.490 e. The molecule has 0 aliphatic rings. The van der Waals surface area contributed by atoms with Crippen LogP contribution in [0.5, 0.6) is 11.5 Å². The summed E-state index contributed by atoms with van der Waals surface area (Å²) in [5.41, 5.74) is 0.571. The molecule has 0 bridgehead atoms. The van der Waals surface area contributed by atoms with E-state index in [1.807, 2.05) is 13.8 Å². The third-order valence-corrected chi connectivity index (χ3v) is 3.85. The topological polar surface area (TPSA) is 120 Å². The first-order chi connectivity index (χ1) is 14.9. The molecule has 2 N–H and O–H groups in total. The standard InChI is InChI=1S/C22H24N2O7/c1-3-29-17-11-10-16(12-18(17)30-4-2)21(27)23-13-20(26)31-14-19(25)24-22(28)15-8-6-5-7-9-15/h5-12H,3-4,13-14H2,1-2H3,(H,23,27)(H,24,25,28). The number of hydrogen-bond donors (Lipinski definition) is 2. The molecular weight excluding hydrogens is 404 g/mol. The van der Waals surface area contributed by atoms with E-state index >= 15 is 0 Å². The Hall–Kier alpha value is -3.88. The lowest BCUT2D eigenvalue weighted by molar-refractivity contribution is -0.147. The van der Waals surface area contributed by atoms with E-state index in [-0.39, 0.29) is 5.56 Å². The Morgan fingerprint density at radius 1 is 0.806 bits per heavy atom. The number of amides is 3. The molecule has 2 aromatic rings. The van der Waals surface area contributed by atoms with Crippen LogP contribution in [0.3, 0.4) is 0 Å². The van der Waals surface area contributed by atoms with Crippen LogP contribution in [-0.4, -0.2) is 50.1 Å². The van der Waals surface area contributed by atoms with Crippen LogP contribution in [0.15, 0.2) is 48.5 Å². The molecule has 0 aliphatic carbocycles. The Bertz CT molecular complexity index is 929. The van der Waals surface area contributed by atoms with Gasteiger partial charge >= 0.3 is 5.97 Å². The maximum absolute atomic E-state index is 12.3. The van der Waals surface area contributed by atoms with E-state index in [0.29, 0.717) is 30.3 Å². The summed E-state index contributed by atoms with van der Waals surface area (Å²) in [7, 11) is 0. The fraction of sp³-hybridized carbons (Fsp3) is 0.273. The highest BCUT2D eigenvalue weighted by Gasteiger charge is 2.15. The molecule has 0 atom stereocenters. The van der Waals surface area contributed by atoms with Gasteiger partial charge in [0.1, 0.15) is 6.54 Å². The van der Waals surface area contributed by atoms with E-state index in [0.717, 1.165) is 0 Å². The Morgan fingerprint density at radius 3 is 2.16 bits per heavy atom. The summed E-state index contributed by atoms with van der Waals surface area (Å²) in [5, 5.41) is 4.51. The zero-order chi connectivity index (χ0) is 22.6. The van der Waals surface area contributed by atoms with Crippen molar-refractivity contribution in [1.82, 2.24) is 10.6 Å². The summed E-state index contributed by atoms with van der Waals surface area (Å²) in [6.07, 6.45) is 0. The molecule has 0 spiro atoms. The van der Waals surface area contributed by atoms with Gasteiger partial charge in [0.25, 0.3) is 17.7 Å². The first-order valence-electron chi connectivity index (χ1n) is 9.67. The number of ether oxygens (including phenoxy) is 3. The summed E-state index contributed by atoms with van der Waals surface area (Å²) >= 11 is 0. The van der Waals surface area contributed by atoms with Crippen molar-refractivity contribution < 1.29 is 33.4 Å². The molecule has 3 amide bonds. The maximum Gasteiger partial charge on any atom is 0.325 e. The predicted octanol–water partition coefficient (Wildman–Crippen LogP) is 1.71. The van der Waals surface area contributed by atoms with E-state index in [4.69, 9.17) is 14.2 Å². The number of nitrogens with one attached hydrogen (secondary N) is 2. The van der Waals surface area contributed by atoms with Crippen LogP contribution in [0.2, 0.25) is 0 Å². The second-order valence-electron chi connectivity index (χ2n) is 6.11. The van der Waals surface area contributed by atoms with Crippen molar-refractivity contribution in [2.75, 3.05) is 26.4 Å². The number of esters is 1. The van der Waals surface area contributed by atoms with Crippen molar-refractivity contribution in [2.24, 2.45) is 0 Å². The number of benzene rings is 2. The second-order valence-corrected chi connectivity index (χ2v) is 6.11. The molecule has 2 rings (SSSR count). The third kappa shape index (κ3) is 7.46. The minimum absolute atomic E-state index is 0.269. The highest BCUT2D eigenvalue weighted by Crippen LogP contribution is 2.28. The average Bonchev–Trinajstić information content (AvgIpc) is 2.78. The van der Waals surface area contributed by atoms with E-state index in [2.05, 4.69) is 10.6 Å². The highest BCUT2D eigenvalue weighted by atomic mass is 16.5. The number of imide groups is 1. The van der Waals surface area contributed by atoms with Crippen LogP contribution in [0.25, 0.3) is 0 Å². The van der Waals surface area contributed by atoms with Gasteiger partial charge in [0.2, 0.25) is 0 Å². The lowest BCUT2D eigenvalue weighted by Crippen LogP contribution is -2.36. The zero-order valence-electron chi connectivity index (χ0n) is 17.3. The van der Waals surface area contributed by atoms with Crippen LogP contribution in [0, 0.1) is 0 Å². The first-order valence-corrected chi connectivity index (χ1v) is 9.67. The molecule has 0 aromatic heterocycles. The molecule has 2 aromatic carbocycles. The Balaban J connectivity index is 1.80. The minimum atomic E-state index is -0.827. The first kappa shape index (κ1) is 23.4. The summed E-state index contributed by atoms with van der Waals surface area (Å²) in [6.45, 7) is 3.39. The fourth-order valence-corrected chi connectivity index (χ4v) is 2.47. The Kier molecular flexibility index (Phi) is 9.03. The van der Waals surface area contributed by atoms with Crippen molar-refractivity contribution in [3.05, 3.63) is 59.7 Å². The molecule has 0 unspecified atom stereocenters. The van der Waals surface area contributed by atoms with E-state index in [1.54, 1.807) is 36.4 Å².